The highest BCUT2D eigenvalue weighted by molar-refractivity contribution is 7.80. The van der Waals surface area contributed by atoms with Crippen molar-refractivity contribution in [3.63, 3.8) is 0 Å². The Morgan fingerprint density at radius 2 is 1.91 bits per heavy atom. The summed E-state index contributed by atoms with van der Waals surface area (Å²) in [5, 5.41) is 0.408. The summed E-state index contributed by atoms with van der Waals surface area (Å²) in [7, 11) is 0. The lowest BCUT2D eigenvalue weighted by molar-refractivity contribution is -0.147. The Morgan fingerprint density at radius 1 is 1.23 bits per heavy atom. The van der Waals surface area contributed by atoms with Crippen molar-refractivity contribution < 1.29 is 19.1 Å². The monoisotopic (exact) mass is 360 g/mol. The number of carbonyl (C=O) groups excluding carboxylic acids is 3. The van der Waals surface area contributed by atoms with Gasteiger partial charge in [-0.1, -0.05) is 23.2 Å². The fraction of sp³-hybridized carbons (Fsp3) is 0.231. The molecule has 2 rings (SSSR count). The second-order valence-corrected chi connectivity index (χ2v) is 5.40. The van der Waals surface area contributed by atoms with Crippen LogP contribution in [-0.2, 0) is 19.1 Å². The van der Waals surface area contributed by atoms with E-state index in [0.29, 0.717) is 10.7 Å². The van der Waals surface area contributed by atoms with E-state index < -0.39 is 24.3 Å². The Labute approximate surface area is 141 Å². The van der Waals surface area contributed by atoms with Gasteiger partial charge in [0.15, 0.2) is 5.11 Å². The van der Waals surface area contributed by atoms with Crippen LogP contribution in [0.2, 0.25) is 10.0 Å². The maximum atomic E-state index is 12.1. The zero-order chi connectivity index (χ0) is 16.4. The molecule has 22 heavy (non-hydrogen) atoms. The van der Waals surface area contributed by atoms with E-state index in [1.165, 1.54) is 18.2 Å². The van der Waals surface area contributed by atoms with E-state index >= 15 is 0 Å². The molecule has 0 bridgehead atoms. The van der Waals surface area contributed by atoms with Gasteiger partial charge in [0.2, 0.25) is 0 Å². The van der Waals surface area contributed by atoms with Gasteiger partial charge in [0.05, 0.1) is 22.3 Å². The highest BCUT2D eigenvalue weighted by Gasteiger charge is 2.43. The number of amides is 2. The third-order valence-corrected chi connectivity index (χ3v) is 3.95. The van der Waals surface area contributed by atoms with Gasteiger partial charge in [-0.15, -0.1) is 0 Å². The van der Waals surface area contributed by atoms with Crippen molar-refractivity contribution >= 4 is 64.0 Å². The van der Waals surface area contributed by atoms with Crippen LogP contribution in [0.5, 0.6) is 0 Å². The van der Waals surface area contributed by atoms with E-state index in [9.17, 15) is 14.4 Å². The first-order chi connectivity index (χ1) is 10.4. The maximum Gasteiger partial charge on any atom is 0.326 e. The molecular formula is C13H10Cl2N2O4S. The zero-order valence-electron chi connectivity index (χ0n) is 11.3. The van der Waals surface area contributed by atoms with Gasteiger partial charge in [0.1, 0.15) is 6.54 Å². The molecule has 1 aromatic carbocycles. The van der Waals surface area contributed by atoms with Crippen molar-refractivity contribution in [1.29, 1.82) is 0 Å². The Kier molecular flexibility index (Phi) is 5.00. The molecule has 0 unspecified atom stereocenters. The summed E-state index contributed by atoms with van der Waals surface area (Å²) in [6.45, 7) is 1.38. The van der Waals surface area contributed by atoms with Gasteiger partial charge in [-0.25, -0.2) is 4.90 Å². The third kappa shape index (κ3) is 3.06. The molecule has 1 aromatic rings. The minimum atomic E-state index is -0.899. The van der Waals surface area contributed by atoms with Crippen LogP contribution in [0.1, 0.15) is 6.92 Å². The summed E-state index contributed by atoms with van der Waals surface area (Å²) in [5.74, 6) is -2.42. The zero-order valence-corrected chi connectivity index (χ0v) is 13.7. The maximum absolute atomic E-state index is 12.1. The number of anilines is 1. The van der Waals surface area contributed by atoms with Crippen LogP contribution in [0.4, 0.5) is 5.69 Å². The summed E-state index contributed by atoms with van der Waals surface area (Å²) >= 11 is 16.8. The highest BCUT2D eigenvalue weighted by atomic mass is 35.5. The smallest absolute Gasteiger partial charge is 0.326 e. The fourth-order valence-electron chi connectivity index (χ4n) is 1.83. The standard InChI is InChI=1S/C13H10Cl2N2O4S/c1-2-21-10(18)6-16-11(19)12(20)17(13(16)22)7-3-4-8(14)9(15)5-7/h3-5H,2,6H2,1H3. The topological polar surface area (TPSA) is 66.9 Å². The van der Waals surface area contributed by atoms with E-state index in [4.69, 9.17) is 40.2 Å². The number of benzene rings is 1. The predicted octanol–water partition coefficient (Wildman–Crippen LogP) is 2.02. The minimum Gasteiger partial charge on any atom is -0.465 e. The Hall–Kier alpha value is -1.70. The summed E-state index contributed by atoms with van der Waals surface area (Å²) in [6, 6.07) is 4.39. The van der Waals surface area contributed by atoms with Crippen molar-refractivity contribution in [1.82, 2.24) is 4.90 Å². The fourth-order valence-corrected chi connectivity index (χ4v) is 2.46. The number of thiocarbonyl (C=S) groups is 1. The SMILES string of the molecule is CCOC(=O)CN1C(=O)C(=O)N(c2ccc(Cl)c(Cl)c2)C1=S. The number of hydrogen-bond donors (Lipinski definition) is 0. The van der Waals surface area contributed by atoms with Crippen molar-refractivity contribution in [3.05, 3.63) is 28.2 Å². The van der Waals surface area contributed by atoms with E-state index in [1.54, 1.807) is 6.92 Å². The predicted molar refractivity (Wildman–Crippen MR) is 84.9 cm³/mol. The molecule has 1 aliphatic heterocycles. The van der Waals surface area contributed by atoms with Crippen molar-refractivity contribution in [2.45, 2.75) is 6.92 Å². The van der Waals surface area contributed by atoms with E-state index in [0.717, 1.165) is 9.80 Å². The molecule has 0 radical (unpaired) electrons. The van der Waals surface area contributed by atoms with Gasteiger partial charge in [-0.3, -0.25) is 19.3 Å². The van der Waals surface area contributed by atoms with Gasteiger partial charge >= 0.3 is 17.8 Å². The third-order valence-electron chi connectivity index (χ3n) is 2.81. The van der Waals surface area contributed by atoms with E-state index in [-0.39, 0.29) is 16.7 Å². The lowest BCUT2D eigenvalue weighted by Crippen LogP contribution is -2.37. The second-order valence-electron chi connectivity index (χ2n) is 4.22. The average molecular weight is 361 g/mol. The Bertz CT molecular complexity index is 680. The van der Waals surface area contributed by atoms with E-state index in [2.05, 4.69) is 0 Å². The van der Waals surface area contributed by atoms with Crippen molar-refractivity contribution in [2.24, 2.45) is 0 Å². The number of rotatable bonds is 4. The van der Waals surface area contributed by atoms with Crippen LogP contribution < -0.4 is 4.90 Å². The second kappa shape index (κ2) is 6.60. The van der Waals surface area contributed by atoms with E-state index in [1.807, 2.05) is 0 Å². The van der Waals surface area contributed by atoms with Gasteiger partial charge in [-0.2, -0.15) is 0 Å². The van der Waals surface area contributed by atoms with Crippen LogP contribution in [0.25, 0.3) is 0 Å². The van der Waals surface area contributed by atoms with Crippen molar-refractivity contribution in [2.75, 3.05) is 18.1 Å². The highest BCUT2D eigenvalue weighted by Crippen LogP contribution is 2.29. The first kappa shape index (κ1) is 16.7. The molecule has 9 heteroatoms. The van der Waals surface area contributed by atoms with Crippen molar-refractivity contribution in [3.8, 4) is 0 Å². The van der Waals surface area contributed by atoms with Crippen LogP contribution in [0, 0.1) is 0 Å². The Morgan fingerprint density at radius 3 is 2.50 bits per heavy atom. The first-order valence-electron chi connectivity index (χ1n) is 6.17. The number of esters is 1. The summed E-state index contributed by atoms with van der Waals surface area (Å²) in [4.78, 5) is 37.4. The number of ether oxygens (including phenoxy) is 1. The van der Waals surface area contributed by atoms with Gasteiger partial charge in [-0.05, 0) is 37.3 Å². The minimum absolute atomic E-state index is 0.110. The number of halogens is 2. The van der Waals surface area contributed by atoms with Gasteiger partial charge < -0.3 is 4.74 Å². The molecular weight excluding hydrogens is 351 g/mol. The quantitative estimate of drug-likeness (QED) is 0.466. The van der Waals surface area contributed by atoms with Gasteiger partial charge in [0.25, 0.3) is 0 Å². The molecule has 0 atom stereocenters. The average Bonchev–Trinajstić information content (AvgIpc) is 2.67. The lowest BCUT2D eigenvalue weighted by Gasteiger charge is -2.18. The summed E-state index contributed by atoms with van der Waals surface area (Å²) in [5.41, 5.74) is 0.295. The molecule has 0 saturated carbocycles. The molecule has 1 heterocycles. The molecule has 1 saturated heterocycles. The van der Waals surface area contributed by atoms with Crippen LogP contribution >= 0.6 is 35.4 Å². The molecule has 116 valence electrons. The lowest BCUT2D eigenvalue weighted by atomic mass is 10.3. The largest absolute Gasteiger partial charge is 0.465 e. The van der Waals surface area contributed by atoms with Crippen LogP contribution in [0.3, 0.4) is 0 Å². The molecule has 1 fully saturated rings. The number of carbonyl (C=O) groups is 3. The number of hydrogen-bond acceptors (Lipinski definition) is 5. The van der Waals surface area contributed by atoms with Crippen LogP contribution in [0.15, 0.2) is 18.2 Å². The van der Waals surface area contributed by atoms with Crippen LogP contribution in [-0.4, -0.2) is 40.9 Å². The normalized spacial score (nSPS) is 14.8. The molecule has 1 aliphatic rings. The number of nitrogens with zero attached hydrogens (tertiary/aromatic N) is 2. The first-order valence-corrected chi connectivity index (χ1v) is 7.33. The summed E-state index contributed by atoms with van der Waals surface area (Å²) in [6.07, 6.45) is 0. The Balaban J connectivity index is 2.29. The summed E-state index contributed by atoms with van der Waals surface area (Å²) < 4.78 is 4.75. The van der Waals surface area contributed by atoms with Gasteiger partial charge in [0, 0.05) is 0 Å². The molecule has 0 aromatic heterocycles. The molecule has 2 amide bonds. The molecule has 0 N–H and O–H groups in total. The molecule has 0 aliphatic carbocycles. The molecule has 6 nitrogen and oxygen atoms in total. The molecule has 0 spiro atoms.